The van der Waals surface area contributed by atoms with E-state index in [1.54, 1.807) is 42.0 Å². The van der Waals surface area contributed by atoms with Crippen LogP contribution in [-0.2, 0) is 5.41 Å². The summed E-state index contributed by atoms with van der Waals surface area (Å²) < 4.78 is 15.7. The van der Waals surface area contributed by atoms with Crippen LogP contribution in [0.5, 0.6) is 0 Å². The van der Waals surface area contributed by atoms with Gasteiger partial charge in [0.15, 0.2) is 5.65 Å². The minimum absolute atomic E-state index is 0.00765. The zero-order chi connectivity index (χ0) is 25.4. The number of halogens is 1. The number of aryl methyl sites for hydroxylation is 1. The lowest BCUT2D eigenvalue weighted by molar-refractivity contribution is 0.102. The first-order valence-corrected chi connectivity index (χ1v) is 11.7. The summed E-state index contributed by atoms with van der Waals surface area (Å²) in [6.45, 7) is 8.12. The number of carbonyl (C=O) groups is 1. The number of imidazole rings is 1. The summed E-state index contributed by atoms with van der Waals surface area (Å²) in [4.78, 5) is 22.0. The van der Waals surface area contributed by atoms with Gasteiger partial charge >= 0.3 is 0 Å². The standard InChI is InChI=1S/C29H26FN5O/c1-18-16-20(9-12-23(18)30)26-27(35-25(34-26)6-5-14-32-35)21-13-15-31-24(17-21)33-28(36)19-7-10-22(11-8-19)29(2,3)4/h5-17H,1-4H3,(H,31,33,36). The Balaban J connectivity index is 1.52. The Bertz CT molecular complexity index is 1580. The first kappa shape index (κ1) is 23.4. The second-order valence-electron chi connectivity index (χ2n) is 9.78. The molecule has 0 spiro atoms. The number of carbonyl (C=O) groups excluding carboxylic acids is 1. The molecule has 0 fully saturated rings. The average molecular weight is 480 g/mol. The van der Waals surface area contributed by atoms with Crippen molar-refractivity contribution in [3.05, 3.63) is 102 Å². The average Bonchev–Trinajstić information content (AvgIpc) is 3.25. The third-order valence-electron chi connectivity index (χ3n) is 6.11. The summed E-state index contributed by atoms with van der Waals surface area (Å²) in [5.74, 6) is -0.109. The van der Waals surface area contributed by atoms with Gasteiger partial charge in [0.05, 0.1) is 5.69 Å². The number of nitrogens with one attached hydrogen (secondary N) is 1. The molecule has 0 saturated heterocycles. The van der Waals surface area contributed by atoms with Crippen molar-refractivity contribution in [3.8, 4) is 22.5 Å². The number of nitrogens with zero attached hydrogens (tertiary/aromatic N) is 4. The van der Waals surface area contributed by atoms with Gasteiger partial charge < -0.3 is 5.32 Å². The van der Waals surface area contributed by atoms with E-state index >= 15 is 0 Å². The first-order valence-electron chi connectivity index (χ1n) is 11.7. The first-order chi connectivity index (χ1) is 17.2. The van der Waals surface area contributed by atoms with Crippen LogP contribution in [0.3, 0.4) is 0 Å². The van der Waals surface area contributed by atoms with Crippen LogP contribution in [0.4, 0.5) is 10.2 Å². The zero-order valence-corrected chi connectivity index (χ0v) is 20.6. The maximum absolute atomic E-state index is 14.0. The van der Waals surface area contributed by atoms with Crippen LogP contribution in [0, 0.1) is 12.7 Å². The van der Waals surface area contributed by atoms with E-state index in [2.05, 4.69) is 36.2 Å². The van der Waals surface area contributed by atoms with Crippen molar-refractivity contribution in [1.82, 2.24) is 19.6 Å². The molecular formula is C29H26FN5O. The molecule has 0 atom stereocenters. The summed E-state index contributed by atoms with van der Waals surface area (Å²) >= 11 is 0. The molecule has 7 heteroatoms. The summed E-state index contributed by atoms with van der Waals surface area (Å²) in [5, 5.41) is 7.38. The fourth-order valence-corrected chi connectivity index (χ4v) is 4.10. The van der Waals surface area contributed by atoms with Crippen molar-refractivity contribution in [1.29, 1.82) is 0 Å². The van der Waals surface area contributed by atoms with Crippen LogP contribution in [-0.4, -0.2) is 25.5 Å². The Morgan fingerprint density at radius 2 is 1.72 bits per heavy atom. The highest BCUT2D eigenvalue weighted by atomic mass is 19.1. The minimum Gasteiger partial charge on any atom is -0.307 e. The van der Waals surface area contributed by atoms with Crippen molar-refractivity contribution in [3.63, 3.8) is 0 Å². The van der Waals surface area contributed by atoms with Crippen molar-refractivity contribution < 1.29 is 9.18 Å². The predicted octanol–water partition coefficient (Wildman–Crippen LogP) is 6.46. The van der Waals surface area contributed by atoms with Crippen LogP contribution in [0.1, 0.15) is 42.3 Å². The Morgan fingerprint density at radius 1 is 0.944 bits per heavy atom. The van der Waals surface area contributed by atoms with Gasteiger partial charge in [-0.3, -0.25) is 4.79 Å². The molecule has 5 rings (SSSR count). The topological polar surface area (TPSA) is 72.2 Å². The van der Waals surface area contributed by atoms with Gasteiger partial charge in [-0.25, -0.2) is 18.9 Å². The summed E-state index contributed by atoms with van der Waals surface area (Å²) in [5.41, 5.74) is 5.84. The summed E-state index contributed by atoms with van der Waals surface area (Å²) in [6.07, 6.45) is 3.32. The number of aromatic nitrogens is 4. The SMILES string of the molecule is Cc1cc(-c2nc3cccnn3c2-c2ccnc(NC(=O)c3ccc(C(C)(C)C)cc3)c2)ccc1F. The van der Waals surface area contributed by atoms with Crippen molar-refractivity contribution in [2.24, 2.45) is 0 Å². The number of anilines is 1. The molecule has 0 aliphatic rings. The largest absolute Gasteiger partial charge is 0.307 e. The molecule has 2 aromatic carbocycles. The van der Waals surface area contributed by atoms with E-state index in [0.29, 0.717) is 28.3 Å². The molecule has 0 saturated carbocycles. The fourth-order valence-electron chi connectivity index (χ4n) is 4.10. The van der Waals surface area contributed by atoms with Crippen LogP contribution in [0.15, 0.2) is 79.1 Å². The third-order valence-corrected chi connectivity index (χ3v) is 6.11. The highest BCUT2D eigenvalue weighted by Crippen LogP contribution is 2.33. The van der Waals surface area contributed by atoms with Gasteiger partial charge in [-0.05, 0) is 78.1 Å². The van der Waals surface area contributed by atoms with E-state index < -0.39 is 0 Å². The molecule has 0 aliphatic carbocycles. The molecular weight excluding hydrogens is 453 g/mol. The Kier molecular flexibility index (Phi) is 5.84. The fraction of sp³-hybridized carbons (Fsp3) is 0.172. The molecule has 1 N–H and O–H groups in total. The lowest BCUT2D eigenvalue weighted by Crippen LogP contribution is -2.15. The lowest BCUT2D eigenvalue weighted by Gasteiger charge is -2.19. The number of fused-ring (bicyclic) bond motifs is 1. The van der Waals surface area contributed by atoms with Crippen molar-refractivity contribution in [2.45, 2.75) is 33.1 Å². The molecule has 0 bridgehead atoms. The highest BCUT2D eigenvalue weighted by molar-refractivity contribution is 6.04. The normalized spacial score (nSPS) is 11.6. The smallest absolute Gasteiger partial charge is 0.256 e. The number of rotatable bonds is 4. The lowest BCUT2D eigenvalue weighted by atomic mass is 9.87. The third kappa shape index (κ3) is 4.47. The van der Waals surface area contributed by atoms with E-state index in [1.807, 2.05) is 42.5 Å². The number of hydrogen-bond acceptors (Lipinski definition) is 4. The predicted molar refractivity (Wildman–Crippen MR) is 139 cm³/mol. The highest BCUT2D eigenvalue weighted by Gasteiger charge is 2.19. The van der Waals surface area contributed by atoms with Crippen molar-refractivity contribution in [2.75, 3.05) is 5.32 Å². The van der Waals surface area contributed by atoms with Gasteiger partial charge in [0.1, 0.15) is 17.3 Å². The quantitative estimate of drug-likeness (QED) is 0.321. The van der Waals surface area contributed by atoms with E-state index in [1.165, 1.54) is 6.07 Å². The van der Waals surface area contributed by atoms with Gasteiger partial charge in [0, 0.05) is 29.1 Å². The molecule has 0 radical (unpaired) electrons. The van der Waals surface area contributed by atoms with Crippen LogP contribution in [0.2, 0.25) is 0 Å². The Labute approximate surface area is 208 Å². The van der Waals surface area contributed by atoms with Crippen LogP contribution in [0.25, 0.3) is 28.2 Å². The Hall–Kier alpha value is -4.39. The summed E-state index contributed by atoms with van der Waals surface area (Å²) in [7, 11) is 0. The minimum atomic E-state index is -0.272. The van der Waals surface area contributed by atoms with E-state index in [4.69, 9.17) is 4.98 Å². The number of pyridine rings is 1. The van der Waals surface area contributed by atoms with Gasteiger partial charge in [-0.2, -0.15) is 5.10 Å². The second kappa shape index (κ2) is 9.00. The molecule has 0 aliphatic heterocycles. The number of hydrogen-bond donors (Lipinski definition) is 1. The molecule has 3 aromatic heterocycles. The Morgan fingerprint density at radius 3 is 2.44 bits per heavy atom. The maximum atomic E-state index is 14.0. The molecule has 6 nitrogen and oxygen atoms in total. The monoisotopic (exact) mass is 479 g/mol. The molecule has 180 valence electrons. The molecule has 3 heterocycles. The van der Waals surface area contributed by atoms with Gasteiger partial charge in [0.25, 0.3) is 5.91 Å². The maximum Gasteiger partial charge on any atom is 0.256 e. The van der Waals surface area contributed by atoms with E-state index in [9.17, 15) is 9.18 Å². The molecule has 5 aromatic rings. The van der Waals surface area contributed by atoms with Gasteiger partial charge in [0.2, 0.25) is 0 Å². The molecule has 0 unspecified atom stereocenters. The molecule has 1 amide bonds. The second-order valence-corrected chi connectivity index (χ2v) is 9.78. The van der Waals surface area contributed by atoms with Crippen LogP contribution >= 0.6 is 0 Å². The molecule has 36 heavy (non-hydrogen) atoms. The number of benzene rings is 2. The number of amides is 1. The van der Waals surface area contributed by atoms with Gasteiger partial charge in [-0.1, -0.05) is 32.9 Å². The van der Waals surface area contributed by atoms with Gasteiger partial charge in [-0.15, -0.1) is 0 Å². The zero-order valence-electron chi connectivity index (χ0n) is 20.6. The van der Waals surface area contributed by atoms with E-state index in [0.717, 1.165) is 22.4 Å². The van der Waals surface area contributed by atoms with Crippen molar-refractivity contribution >= 4 is 17.4 Å². The summed E-state index contributed by atoms with van der Waals surface area (Å²) in [6, 6.07) is 19.8. The van der Waals surface area contributed by atoms with E-state index in [-0.39, 0.29) is 17.1 Å². The van der Waals surface area contributed by atoms with Crippen LogP contribution < -0.4 is 5.32 Å².